The van der Waals surface area contributed by atoms with Crippen LogP contribution in [0.4, 0.5) is 0 Å². The Morgan fingerprint density at radius 1 is 0.684 bits per heavy atom. The number of hydrogen-bond donors (Lipinski definition) is 0. The van der Waals surface area contributed by atoms with Gasteiger partial charge < -0.3 is 0 Å². The van der Waals surface area contributed by atoms with Gasteiger partial charge in [-0.2, -0.15) is 0 Å². The molecule has 1 nitrogen and oxygen atoms in total. The molecule has 0 amide bonds. The zero-order chi connectivity index (χ0) is 13.1. The molecule has 3 aromatic rings. The van der Waals surface area contributed by atoms with Gasteiger partial charge in [-0.05, 0) is 29.7 Å². The molecular formula is C18H15N. The van der Waals surface area contributed by atoms with E-state index < -0.39 is 0 Å². The maximum absolute atomic E-state index is 4.53. The SMILES string of the molecule is Cc1cccnc1-c1ccccc1-c1ccccc1. The van der Waals surface area contributed by atoms with Gasteiger partial charge >= 0.3 is 0 Å². The van der Waals surface area contributed by atoms with E-state index in [1.54, 1.807) is 0 Å². The molecule has 1 aromatic heterocycles. The normalized spacial score (nSPS) is 10.4. The van der Waals surface area contributed by atoms with Crippen LogP contribution in [-0.4, -0.2) is 4.98 Å². The number of hydrogen-bond acceptors (Lipinski definition) is 1. The highest BCUT2D eigenvalue weighted by Crippen LogP contribution is 2.31. The predicted molar refractivity (Wildman–Crippen MR) is 79.8 cm³/mol. The second-order valence-corrected chi connectivity index (χ2v) is 4.58. The Morgan fingerprint density at radius 3 is 2.11 bits per heavy atom. The summed E-state index contributed by atoms with van der Waals surface area (Å²) in [5, 5.41) is 0. The first-order chi connectivity index (χ1) is 9.36. The second-order valence-electron chi connectivity index (χ2n) is 4.58. The van der Waals surface area contributed by atoms with Crippen LogP contribution in [0.25, 0.3) is 22.4 Å². The Labute approximate surface area is 113 Å². The lowest BCUT2D eigenvalue weighted by Crippen LogP contribution is -1.90. The van der Waals surface area contributed by atoms with Crippen LogP contribution in [0.1, 0.15) is 5.56 Å². The summed E-state index contributed by atoms with van der Waals surface area (Å²) in [4.78, 5) is 4.53. The molecule has 0 saturated carbocycles. The third kappa shape index (κ3) is 2.27. The molecule has 0 bridgehead atoms. The van der Waals surface area contributed by atoms with E-state index in [2.05, 4.69) is 66.5 Å². The van der Waals surface area contributed by atoms with E-state index in [1.807, 2.05) is 18.3 Å². The number of aromatic nitrogens is 1. The Bertz CT molecular complexity index is 687. The van der Waals surface area contributed by atoms with Crippen molar-refractivity contribution in [1.82, 2.24) is 4.98 Å². The number of aryl methyl sites for hydroxylation is 1. The summed E-state index contributed by atoms with van der Waals surface area (Å²) >= 11 is 0. The van der Waals surface area contributed by atoms with E-state index in [1.165, 1.54) is 22.3 Å². The number of pyridine rings is 1. The Balaban J connectivity index is 2.21. The highest BCUT2D eigenvalue weighted by atomic mass is 14.7. The third-order valence-electron chi connectivity index (χ3n) is 3.28. The molecule has 3 rings (SSSR count). The van der Waals surface area contributed by atoms with Crippen LogP contribution >= 0.6 is 0 Å². The van der Waals surface area contributed by atoms with E-state index in [0.717, 1.165) is 5.69 Å². The second kappa shape index (κ2) is 5.07. The minimum Gasteiger partial charge on any atom is -0.256 e. The van der Waals surface area contributed by atoms with Gasteiger partial charge in [-0.25, -0.2) is 0 Å². The van der Waals surface area contributed by atoms with Crippen molar-refractivity contribution in [1.29, 1.82) is 0 Å². The number of benzene rings is 2. The van der Waals surface area contributed by atoms with Crippen molar-refractivity contribution >= 4 is 0 Å². The Kier molecular flexibility index (Phi) is 3.11. The highest BCUT2D eigenvalue weighted by molar-refractivity contribution is 5.82. The van der Waals surface area contributed by atoms with Gasteiger partial charge in [0.15, 0.2) is 0 Å². The maximum atomic E-state index is 4.53. The van der Waals surface area contributed by atoms with Crippen molar-refractivity contribution in [2.75, 3.05) is 0 Å². The number of rotatable bonds is 2. The fourth-order valence-electron chi connectivity index (χ4n) is 2.33. The van der Waals surface area contributed by atoms with Crippen LogP contribution in [0.3, 0.4) is 0 Å². The summed E-state index contributed by atoms with van der Waals surface area (Å²) in [6.07, 6.45) is 1.85. The third-order valence-corrected chi connectivity index (χ3v) is 3.28. The molecule has 0 radical (unpaired) electrons. The summed E-state index contributed by atoms with van der Waals surface area (Å²) in [5.74, 6) is 0. The zero-order valence-corrected chi connectivity index (χ0v) is 10.9. The summed E-state index contributed by atoms with van der Waals surface area (Å²) in [5.41, 5.74) is 5.90. The van der Waals surface area contributed by atoms with Crippen LogP contribution < -0.4 is 0 Å². The van der Waals surface area contributed by atoms with Crippen molar-refractivity contribution in [2.24, 2.45) is 0 Å². The summed E-state index contributed by atoms with van der Waals surface area (Å²) in [6, 6.07) is 23.0. The summed E-state index contributed by atoms with van der Waals surface area (Å²) < 4.78 is 0. The van der Waals surface area contributed by atoms with Gasteiger partial charge in [0, 0.05) is 11.8 Å². The first kappa shape index (κ1) is 11.7. The van der Waals surface area contributed by atoms with Gasteiger partial charge in [0.1, 0.15) is 0 Å². The Morgan fingerprint density at radius 2 is 1.37 bits per heavy atom. The molecule has 0 unspecified atom stereocenters. The molecule has 0 fully saturated rings. The maximum Gasteiger partial charge on any atom is 0.0737 e. The standard InChI is InChI=1S/C18H15N/c1-14-8-7-13-19-18(14)17-12-6-5-11-16(17)15-9-3-2-4-10-15/h2-13H,1H3. The van der Waals surface area contributed by atoms with Gasteiger partial charge in [0.05, 0.1) is 5.69 Å². The van der Waals surface area contributed by atoms with Crippen molar-refractivity contribution in [2.45, 2.75) is 6.92 Å². The lowest BCUT2D eigenvalue weighted by Gasteiger charge is -2.11. The van der Waals surface area contributed by atoms with E-state index in [0.29, 0.717) is 0 Å². The van der Waals surface area contributed by atoms with Gasteiger partial charge in [0.25, 0.3) is 0 Å². The molecule has 0 saturated heterocycles. The first-order valence-corrected chi connectivity index (χ1v) is 6.43. The lowest BCUT2D eigenvalue weighted by molar-refractivity contribution is 1.27. The van der Waals surface area contributed by atoms with Crippen LogP contribution in [0, 0.1) is 6.92 Å². The molecule has 0 aliphatic carbocycles. The molecule has 19 heavy (non-hydrogen) atoms. The zero-order valence-electron chi connectivity index (χ0n) is 10.9. The Hall–Kier alpha value is -2.41. The molecule has 1 heteroatoms. The van der Waals surface area contributed by atoms with Gasteiger partial charge in [-0.15, -0.1) is 0 Å². The molecule has 0 N–H and O–H groups in total. The minimum atomic E-state index is 1.06. The molecule has 1 heterocycles. The highest BCUT2D eigenvalue weighted by Gasteiger charge is 2.09. The minimum absolute atomic E-state index is 1.06. The van der Waals surface area contributed by atoms with Crippen molar-refractivity contribution in [3.63, 3.8) is 0 Å². The smallest absolute Gasteiger partial charge is 0.0737 e. The number of nitrogens with zero attached hydrogens (tertiary/aromatic N) is 1. The largest absolute Gasteiger partial charge is 0.256 e. The van der Waals surface area contributed by atoms with E-state index >= 15 is 0 Å². The van der Waals surface area contributed by atoms with Crippen LogP contribution in [-0.2, 0) is 0 Å². The summed E-state index contributed by atoms with van der Waals surface area (Å²) in [6.45, 7) is 2.10. The molecular weight excluding hydrogens is 230 g/mol. The molecule has 0 aliphatic rings. The topological polar surface area (TPSA) is 12.9 Å². The van der Waals surface area contributed by atoms with Gasteiger partial charge in [-0.3, -0.25) is 4.98 Å². The average Bonchev–Trinajstić information content (AvgIpc) is 2.49. The molecule has 0 aliphatic heterocycles. The summed E-state index contributed by atoms with van der Waals surface area (Å²) in [7, 11) is 0. The lowest BCUT2D eigenvalue weighted by atomic mass is 9.96. The van der Waals surface area contributed by atoms with Crippen LogP contribution in [0.15, 0.2) is 72.9 Å². The van der Waals surface area contributed by atoms with Crippen molar-refractivity contribution in [3.05, 3.63) is 78.5 Å². The van der Waals surface area contributed by atoms with Gasteiger partial charge in [-0.1, -0.05) is 60.7 Å². The van der Waals surface area contributed by atoms with E-state index in [4.69, 9.17) is 0 Å². The molecule has 0 atom stereocenters. The van der Waals surface area contributed by atoms with E-state index in [9.17, 15) is 0 Å². The van der Waals surface area contributed by atoms with Crippen LogP contribution in [0.5, 0.6) is 0 Å². The van der Waals surface area contributed by atoms with Gasteiger partial charge in [0.2, 0.25) is 0 Å². The monoisotopic (exact) mass is 245 g/mol. The molecule has 2 aromatic carbocycles. The fraction of sp³-hybridized carbons (Fsp3) is 0.0556. The quantitative estimate of drug-likeness (QED) is 0.636. The molecule has 0 spiro atoms. The van der Waals surface area contributed by atoms with Crippen LogP contribution in [0.2, 0.25) is 0 Å². The molecule has 92 valence electrons. The van der Waals surface area contributed by atoms with Crippen molar-refractivity contribution in [3.8, 4) is 22.4 Å². The fourth-order valence-corrected chi connectivity index (χ4v) is 2.33. The van der Waals surface area contributed by atoms with E-state index in [-0.39, 0.29) is 0 Å². The first-order valence-electron chi connectivity index (χ1n) is 6.43. The average molecular weight is 245 g/mol. The van der Waals surface area contributed by atoms with Crippen molar-refractivity contribution < 1.29 is 0 Å². The predicted octanol–water partition coefficient (Wildman–Crippen LogP) is 4.72.